The maximum atomic E-state index is 12.2. The summed E-state index contributed by atoms with van der Waals surface area (Å²) in [6.07, 6.45) is 5.93. The van der Waals surface area contributed by atoms with E-state index in [0.29, 0.717) is 29.5 Å². The summed E-state index contributed by atoms with van der Waals surface area (Å²) in [6, 6.07) is 6.94. The van der Waals surface area contributed by atoms with Crippen LogP contribution in [0.5, 0.6) is 0 Å². The van der Waals surface area contributed by atoms with Crippen LogP contribution >= 0.6 is 0 Å². The Morgan fingerprint density at radius 2 is 1.97 bits per heavy atom. The molecule has 2 aliphatic rings. The Hall–Kier alpha value is -3.53. The Labute approximate surface area is 185 Å². The van der Waals surface area contributed by atoms with E-state index >= 15 is 0 Å². The number of carbonyl (C=O) groups excluding carboxylic acids is 2. The molecule has 1 aliphatic carbocycles. The minimum Gasteiger partial charge on any atom is -0.383 e. The number of amides is 2. The molecule has 1 aliphatic heterocycles. The molecule has 32 heavy (non-hydrogen) atoms. The smallest absolute Gasteiger partial charge is 0.246 e. The van der Waals surface area contributed by atoms with Gasteiger partial charge in [-0.2, -0.15) is 0 Å². The summed E-state index contributed by atoms with van der Waals surface area (Å²) >= 11 is 0. The van der Waals surface area contributed by atoms with Crippen molar-refractivity contribution in [2.45, 2.75) is 44.3 Å². The Morgan fingerprint density at radius 3 is 2.69 bits per heavy atom. The molecule has 2 heterocycles. The van der Waals surface area contributed by atoms with Crippen molar-refractivity contribution in [3.63, 3.8) is 0 Å². The highest BCUT2D eigenvalue weighted by Crippen LogP contribution is 2.26. The fourth-order valence-corrected chi connectivity index (χ4v) is 3.95. The van der Waals surface area contributed by atoms with E-state index in [-0.39, 0.29) is 36.6 Å². The Kier molecular flexibility index (Phi) is 6.60. The largest absolute Gasteiger partial charge is 0.383 e. The van der Waals surface area contributed by atoms with Crippen LogP contribution in [0.3, 0.4) is 0 Å². The van der Waals surface area contributed by atoms with Gasteiger partial charge in [0.2, 0.25) is 11.8 Å². The van der Waals surface area contributed by atoms with Crippen LogP contribution in [0.1, 0.15) is 42.4 Å². The van der Waals surface area contributed by atoms with E-state index in [0.717, 1.165) is 18.4 Å². The number of anilines is 2. The standard InChI is InChI=1S/C22H27N7O3/c23-19(18-20(24)26-12-27-21(18)28-15-3-1-2-4-15)14-7-5-13(6-8-14)9-25-22(31)16-10-32-11-17(30)29-16/h5-8,12,15-16,23H,1-4,9-11H2,(H,25,31)(H,29,30)(H3,24,26,27,28). The van der Waals surface area contributed by atoms with Gasteiger partial charge < -0.3 is 26.4 Å². The number of aromatic nitrogens is 2. The number of ether oxygens (including phenoxy) is 1. The van der Waals surface area contributed by atoms with Crippen LogP contribution in [0.15, 0.2) is 30.6 Å². The van der Waals surface area contributed by atoms with Gasteiger partial charge in [-0.25, -0.2) is 9.97 Å². The molecule has 1 aromatic heterocycles. The maximum Gasteiger partial charge on any atom is 0.246 e. The molecule has 1 aromatic carbocycles. The summed E-state index contributed by atoms with van der Waals surface area (Å²) in [6.45, 7) is 0.432. The second-order valence-corrected chi connectivity index (χ2v) is 8.03. The van der Waals surface area contributed by atoms with Crippen molar-refractivity contribution in [3.05, 3.63) is 47.3 Å². The van der Waals surface area contributed by atoms with Crippen LogP contribution in [0.2, 0.25) is 0 Å². The lowest BCUT2D eigenvalue weighted by atomic mass is 10.0. The molecule has 4 rings (SSSR count). The molecule has 1 atom stereocenters. The van der Waals surface area contributed by atoms with Crippen LogP contribution in [0.25, 0.3) is 0 Å². The number of nitrogen functional groups attached to an aromatic ring is 1. The van der Waals surface area contributed by atoms with Gasteiger partial charge in [-0.1, -0.05) is 37.1 Å². The van der Waals surface area contributed by atoms with Gasteiger partial charge in [0.15, 0.2) is 0 Å². The third kappa shape index (κ3) is 5.02. The van der Waals surface area contributed by atoms with Crippen molar-refractivity contribution in [3.8, 4) is 0 Å². The van der Waals surface area contributed by atoms with Gasteiger partial charge in [0.1, 0.15) is 30.6 Å². The summed E-state index contributed by atoms with van der Waals surface area (Å²) in [5.41, 5.74) is 8.37. The predicted molar refractivity (Wildman–Crippen MR) is 119 cm³/mol. The molecule has 10 heteroatoms. The number of nitrogens with one attached hydrogen (secondary N) is 4. The van der Waals surface area contributed by atoms with Gasteiger partial charge in [-0.15, -0.1) is 0 Å². The number of rotatable bonds is 7. The zero-order chi connectivity index (χ0) is 22.5. The van der Waals surface area contributed by atoms with Crippen molar-refractivity contribution < 1.29 is 14.3 Å². The lowest BCUT2D eigenvalue weighted by Crippen LogP contribution is -2.53. The third-order valence-corrected chi connectivity index (χ3v) is 5.70. The lowest BCUT2D eigenvalue weighted by Gasteiger charge is -2.22. The number of hydrogen-bond donors (Lipinski definition) is 5. The fraction of sp³-hybridized carbons (Fsp3) is 0.409. The molecule has 168 valence electrons. The van der Waals surface area contributed by atoms with Crippen LogP contribution in [0, 0.1) is 5.41 Å². The molecule has 0 spiro atoms. The van der Waals surface area contributed by atoms with Crippen LogP contribution in [0.4, 0.5) is 11.6 Å². The first-order chi connectivity index (χ1) is 15.5. The van der Waals surface area contributed by atoms with Crippen LogP contribution < -0.4 is 21.7 Å². The summed E-state index contributed by atoms with van der Waals surface area (Å²) in [4.78, 5) is 32.0. The minimum absolute atomic E-state index is 0.0218. The number of nitrogens with two attached hydrogens (primary N) is 1. The number of morpholine rings is 1. The molecular formula is C22H27N7O3. The van der Waals surface area contributed by atoms with Gasteiger partial charge in [0.05, 0.1) is 17.9 Å². The Morgan fingerprint density at radius 1 is 1.22 bits per heavy atom. The maximum absolute atomic E-state index is 12.2. The molecule has 6 N–H and O–H groups in total. The Balaban J connectivity index is 1.41. The average molecular weight is 438 g/mol. The van der Waals surface area contributed by atoms with Gasteiger partial charge in [-0.05, 0) is 18.4 Å². The van der Waals surface area contributed by atoms with Gasteiger partial charge in [0.25, 0.3) is 0 Å². The summed E-state index contributed by atoms with van der Waals surface area (Å²) < 4.78 is 5.09. The normalized spacial score (nSPS) is 18.8. The van der Waals surface area contributed by atoms with E-state index in [9.17, 15) is 9.59 Å². The number of carbonyl (C=O) groups is 2. The van der Waals surface area contributed by atoms with E-state index < -0.39 is 6.04 Å². The van der Waals surface area contributed by atoms with E-state index in [2.05, 4.69) is 25.9 Å². The molecule has 2 fully saturated rings. The molecule has 2 amide bonds. The van der Waals surface area contributed by atoms with E-state index in [1.807, 2.05) is 12.1 Å². The highest BCUT2D eigenvalue weighted by molar-refractivity contribution is 6.16. The minimum atomic E-state index is -0.685. The lowest BCUT2D eigenvalue weighted by molar-refractivity contribution is -0.138. The van der Waals surface area contributed by atoms with Crippen molar-refractivity contribution in [2.24, 2.45) is 0 Å². The van der Waals surface area contributed by atoms with E-state index in [1.54, 1.807) is 12.1 Å². The predicted octanol–water partition coefficient (Wildman–Crippen LogP) is 0.961. The molecule has 0 radical (unpaired) electrons. The summed E-state index contributed by atoms with van der Waals surface area (Å²) in [5.74, 6) is 0.248. The molecule has 1 unspecified atom stereocenters. The number of benzene rings is 1. The second-order valence-electron chi connectivity index (χ2n) is 8.03. The van der Waals surface area contributed by atoms with Crippen LogP contribution in [-0.4, -0.2) is 52.8 Å². The second kappa shape index (κ2) is 9.73. The number of nitrogens with zero attached hydrogens (tertiary/aromatic N) is 2. The van der Waals surface area contributed by atoms with Crippen molar-refractivity contribution >= 4 is 29.2 Å². The van der Waals surface area contributed by atoms with Gasteiger partial charge in [-0.3, -0.25) is 15.0 Å². The highest BCUT2D eigenvalue weighted by atomic mass is 16.5. The zero-order valence-corrected chi connectivity index (χ0v) is 17.7. The molecule has 1 saturated carbocycles. The fourth-order valence-electron chi connectivity index (χ4n) is 3.95. The molecule has 2 aromatic rings. The van der Waals surface area contributed by atoms with Crippen molar-refractivity contribution in [1.82, 2.24) is 20.6 Å². The first-order valence-corrected chi connectivity index (χ1v) is 10.7. The SMILES string of the molecule is N=C(c1ccc(CNC(=O)C2COCC(=O)N2)cc1)c1c(N)ncnc1NC1CCCC1. The topological polar surface area (TPSA) is 155 Å². The molecule has 0 bridgehead atoms. The summed E-state index contributed by atoms with van der Waals surface area (Å²) in [5, 5.41) is 17.5. The van der Waals surface area contributed by atoms with Crippen LogP contribution in [-0.2, 0) is 20.9 Å². The Bertz CT molecular complexity index is 1000. The zero-order valence-electron chi connectivity index (χ0n) is 17.7. The first-order valence-electron chi connectivity index (χ1n) is 10.7. The van der Waals surface area contributed by atoms with Gasteiger partial charge >= 0.3 is 0 Å². The highest BCUT2D eigenvalue weighted by Gasteiger charge is 2.25. The monoisotopic (exact) mass is 437 g/mol. The first kappa shape index (κ1) is 21.7. The third-order valence-electron chi connectivity index (χ3n) is 5.70. The average Bonchev–Trinajstić information content (AvgIpc) is 3.31. The molecule has 10 nitrogen and oxygen atoms in total. The summed E-state index contributed by atoms with van der Waals surface area (Å²) in [7, 11) is 0. The number of hydrogen-bond acceptors (Lipinski definition) is 8. The van der Waals surface area contributed by atoms with Crippen molar-refractivity contribution in [1.29, 1.82) is 5.41 Å². The van der Waals surface area contributed by atoms with E-state index in [1.165, 1.54) is 19.2 Å². The van der Waals surface area contributed by atoms with Crippen molar-refractivity contribution in [2.75, 3.05) is 24.3 Å². The molecule has 1 saturated heterocycles. The van der Waals surface area contributed by atoms with E-state index in [4.69, 9.17) is 15.9 Å². The quantitative estimate of drug-likeness (QED) is 0.404. The molecular weight excluding hydrogens is 410 g/mol. The van der Waals surface area contributed by atoms with Gasteiger partial charge in [0, 0.05) is 18.2 Å².